The summed E-state index contributed by atoms with van der Waals surface area (Å²) in [4.78, 5) is 26.8. The average molecular weight is 330 g/mol. The minimum atomic E-state index is 0.0104. The lowest BCUT2D eigenvalue weighted by Crippen LogP contribution is -2.29. The lowest BCUT2D eigenvalue weighted by molar-refractivity contribution is -0.116. The van der Waals surface area contributed by atoms with Gasteiger partial charge in [-0.25, -0.2) is 0 Å². The molecule has 1 aliphatic heterocycles. The molecule has 0 aliphatic carbocycles. The maximum atomic E-state index is 12.7. The predicted octanol–water partition coefficient (Wildman–Crippen LogP) is 4.53. The van der Waals surface area contributed by atoms with Crippen LogP contribution in [0.2, 0.25) is 0 Å². The molecule has 0 atom stereocenters. The smallest absolute Gasteiger partial charge is 0.255 e. The number of aryl methyl sites for hydroxylation is 1. The number of unbranched alkanes of at least 4 members (excludes halogenated alkanes) is 4. The lowest BCUT2D eigenvalue weighted by atomic mass is 10.1. The Morgan fingerprint density at radius 3 is 2.50 bits per heavy atom. The first-order chi connectivity index (χ1) is 11.6. The Balaban J connectivity index is 1.98. The molecule has 4 heteroatoms. The summed E-state index contributed by atoms with van der Waals surface area (Å²) < 4.78 is 0. The molecular weight excluding hydrogens is 300 g/mol. The van der Waals surface area contributed by atoms with Gasteiger partial charge < -0.3 is 10.2 Å². The molecule has 24 heavy (non-hydrogen) atoms. The normalized spacial score (nSPS) is 14.0. The van der Waals surface area contributed by atoms with Gasteiger partial charge >= 0.3 is 0 Å². The predicted molar refractivity (Wildman–Crippen MR) is 98.3 cm³/mol. The number of carbonyl (C=O) groups excluding carboxylic acids is 2. The molecule has 0 radical (unpaired) electrons. The van der Waals surface area contributed by atoms with Gasteiger partial charge in [0.05, 0.1) is 11.3 Å². The Bertz CT molecular complexity index is 563. The first-order valence-electron chi connectivity index (χ1n) is 9.32. The van der Waals surface area contributed by atoms with Crippen molar-refractivity contribution in [3.05, 3.63) is 29.3 Å². The van der Waals surface area contributed by atoms with E-state index in [-0.39, 0.29) is 11.8 Å². The first-order valence-corrected chi connectivity index (χ1v) is 9.32. The Hall–Kier alpha value is -1.84. The van der Waals surface area contributed by atoms with Gasteiger partial charge in [-0.05, 0) is 37.8 Å². The van der Waals surface area contributed by atoms with E-state index in [0.717, 1.165) is 44.3 Å². The molecule has 2 amide bonds. The van der Waals surface area contributed by atoms with Crippen molar-refractivity contribution in [2.75, 3.05) is 18.4 Å². The zero-order valence-corrected chi connectivity index (χ0v) is 15.1. The Kier molecular flexibility index (Phi) is 7.29. The van der Waals surface area contributed by atoms with Crippen LogP contribution in [-0.4, -0.2) is 29.8 Å². The number of hydrogen-bond acceptors (Lipinski definition) is 2. The van der Waals surface area contributed by atoms with Crippen LogP contribution in [0.15, 0.2) is 18.2 Å². The van der Waals surface area contributed by atoms with Crippen molar-refractivity contribution in [1.29, 1.82) is 0 Å². The fourth-order valence-corrected chi connectivity index (χ4v) is 3.19. The maximum absolute atomic E-state index is 12.7. The molecule has 1 aromatic rings. The number of hydrogen-bond donors (Lipinski definition) is 1. The van der Waals surface area contributed by atoms with Crippen molar-refractivity contribution in [1.82, 2.24) is 4.90 Å². The molecule has 1 aromatic carbocycles. The summed E-state index contributed by atoms with van der Waals surface area (Å²) in [6, 6.07) is 5.65. The fraction of sp³-hybridized carbons (Fsp3) is 0.600. The van der Waals surface area contributed by atoms with E-state index in [2.05, 4.69) is 12.2 Å². The van der Waals surface area contributed by atoms with Crippen molar-refractivity contribution in [3.63, 3.8) is 0 Å². The third-order valence-electron chi connectivity index (χ3n) is 4.67. The number of rotatable bonds is 8. The van der Waals surface area contributed by atoms with E-state index in [9.17, 15) is 9.59 Å². The second kappa shape index (κ2) is 9.45. The van der Waals surface area contributed by atoms with Gasteiger partial charge in [-0.3, -0.25) is 9.59 Å². The molecule has 2 rings (SSSR count). The first kappa shape index (κ1) is 18.5. The van der Waals surface area contributed by atoms with Crippen LogP contribution in [0.4, 0.5) is 5.69 Å². The summed E-state index contributed by atoms with van der Waals surface area (Å²) in [6.45, 7) is 5.76. The van der Waals surface area contributed by atoms with Crippen LogP contribution in [0.25, 0.3) is 0 Å². The lowest BCUT2D eigenvalue weighted by Gasteiger charge is -2.19. The quantitative estimate of drug-likeness (QED) is 0.712. The van der Waals surface area contributed by atoms with Gasteiger partial charge in [0.1, 0.15) is 0 Å². The second-order valence-electron chi connectivity index (χ2n) is 6.71. The molecule has 0 spiro atoms. The van der Waals surface area contributed by atoms with Crippen molar-refractivity contribution in [2.24, 2.45) is 0 Å². The number of benzene rings is 1. The van der Waals surface area contributed by atoms with E-state index in [1.807, 2.05) is 30.0 Å². The molecule has 1 aliphatic rings. The minimum Gasteiger partial charge on any atom is -0.339 e. The Labute approximate surface area is 145 Å². The van der Waals surface area contributed by atoms with E-state index in [1.54, 1.807) is 0 Å². The number of anilines is 1. The molecule has 1 saturated heterocycles. The van der Waals surface area contributed by atoms with Gasteiger partial charge in [-0.15, -0.1) is 0 Å². The highest BCUT2D eigenvalue weighted by Gasteiger charge is 2.23. The van der Waals surface area contributed by atoms with Crippen LogP contribution in [0.5, 0.6) is 0 Å². The second-order valence-corrected chi connectivity index (χ2v) is 6.71. The standard InChI is InChI=1S/C20H30N2O2/c1-3-4-5-6-7-13-18(23)21-19-16(2)11-10-12-17(19)20(24)22-14-8-9-15-22/h10-12H,3-9,13-15H2,1-2H3,(H,21,23). The van der Waals surface area contributed by atoms with Gasteiger partial charge in [0.15, 0.2) is 0 Å². The third kappa shape index (κ3) is 5.08. The van der Waals surface area contributed by atoms with Crippen LogP contribution in [-0.2, 0) is 4.79 Å². The number of amides is 2. The largest absolute Gasteiger partial charge is 0.339 e. The van der Waals surface area contributed by atoms with Crippen LogP contribution in [0, 0.1) is 6.92 Å². The van der Waals surface area contributed by atoms with Gasteiger partial charge in [0, 0.05) is 19.5 Å². The Morgan fingerprint density at radius 2 is 1.79 bits per heavy atom. The highest BCUT2D eigenvalue weighted by atomic mass is 16.2. The molecule has 1 fully saturated rings. The molecule has 1 heterocycles. The van der Waals surface area contributed by atoms with Crippen molar-refractivity contribution in [2.45, 2.75) is 65.2 Å². The number of nitrogens with zero attached hydrogens (tertiary/aromatic N) is 1. The van der Waals surface area contributed by atoms with E-state index in [0.29, 0.717) is 17.7 Å². The summed E-state index contributed by atoms with van der Waals surface area (Å²) in [5.41, 5.74) is 2.25. The van der Waals surface area contributed by atoms with Gasteiger partial charge in [-0.2, -0.15) is 0 Å². The zero-order valence-electron chi connectivity index (χ0n) is 15.1. The molecule has 0 saturated carbocycles. The summed E-state index contributed by atoms with van der Waals surface area (Å²) in [6.07, 6.45) is 8.28. The molecule has 4 nitrogen and oxygen atoms in total. The molecule has 132 valence electrons. The van der Waals surface area contributed by atoms with Crippen LogP contribution in [0.1, 0.15) is 74.2 Å². The number of nitrogens with one attached hydrogen (secondary N) is 1. The summed E-state index contributed by atoms with van der Waals surface area (Å²) in [7, 11) is 0. The highest BCUT2D eigenvalue weighted by molar-refractivity contribution is 6.04. The SMILES string of the molecule is CCCCCCCC(=O)Nc1c(C)cccc1C(=O)N1CCCC1. The summed E-state index contributed by atoms with van der Waals surface area (Å²) in [5, 5.41) is 2.99. The number of likely N-dealkylation sites (tertiary alicyclic amines) is 1. The minimum absolute atomic E-state index is 0.0104. The number of carbonyl (C=O) groups is 2. The van der Waals surface area contributed by atoms with Crippen LogP contribution >= 0.6 is 0 Å². The Morgan fingerprint density at radius 1 is 1.08 bits per heavy atom. The molecule has 0 unspecified atom stereocenters. The summed E-state index contributed by atoms with van der Waals surface area (Å²) in [5.74, 6) is 0.0470. The van der Waals surface area contributed by atoms with Gasteiger partial charge in [0.25, 0.3) is 5.91 Å². The highest BCUT2D eigenvalue weighted by Crippen LogP contribution is 2.24. The van der Waals surface area contributed by atoms with E-state index in [4.69, 9.17) is 0 Å². The van der Waals surface area contributed by atoms with Gasteiger partial charge in [0.2, 0.25) is 5.91 Å². The van der Waals surface area contributed by atoms with Crippen molar-refractivity contribution >= 4 is 17.5 Å². The van der Waals surface area contributed by atoms with E-state index >= 15 is 0 Å². The topological polar surface area (TPSA) is 49.4 Å². The third-order valence-corrected chi connectivity index (χ3v) is 4.67. The average Bonchev–Trinajstić information content (AvgIpc) is 3.10. The summed E-state index contributed by atoms with van der Waals surface area (Å²) >= 11 is 0. The molecular formula is C20H30N2O2. The molecule has 0 aromatic heterocycles. The van der Waals surface area contributed by atoms with Gasteiger partial charge in [-0.1, -0.05) is 44.7 Å². The van der Waals surface area contributed by atoms with E-state index in [1.165, 1.54) is 19.3 Å². The van der Waals surface area contributed by atoms with Crippen LogP contribution < -0.4 is 5.32 Å². The fourth-order valence-electron chi connectivity index (χ4n) is 3.19. The maximum Gasteiger partial charge on any atom is 0.255 e. The zero-order chi connectivity index (χ0) is 17.4. The molecule has 1 N–H and O–H groups in total. The monoisotopic (exact) mass is 330 g/mol. The molecule has 0 bridgehead atoms. The van der Waals surface area contributed by atoms with Crippen molar-refractivity contribution < 1.29 is 9.59 Å². The van der Waals surface area contributed by atoms with Crippen molar-refractivity contribution in [3.8, 4) is 0 Å². The van der Waals surface area contributed by atoms with Crippen LogP contribution in [0.3, 0.4) is 0 Å². The number of para-hydroxylation sites is 1. The van der Waals surface area contributed by atoms with E-state index < -0.39 is 0 Å².